The third-order valence-electron chi connectivity index (χ3n) is 1.72. The van der Waals surface area contributed by atoms with Crippen molar-refractivity contribution in [3.8, 4) is 5.75 Å². The molecule has 0 aliphatic heterocycles. The Balaban J connectivity index is 2.59. The molecule has 0 saturated heterocycles. The van der Waals surface area contributed by atoms with Crippen molar-refractivity contribution in [3.05, 3.63) is 24.3 Å². The summed E-state index contributed by atoms with van der Waals surface area (Å²) in [6.07, 6.45) is 2.14. The molecule has 2 nitrogen and oxygen atoms in total. The molecule has 0 aromatic heterocycles. The largest absolute Gasteiger partial charge is 0.492 e. The molecule has 1 aromatic carbocycles. The second-order valence-corrected chi connectivity index (χ2v) is 3.43. The Morgan fingerprint density at radius 3 is 2.85 bits per heavy atom. The van der Waals surface area contributed by atoms with Crippen molar-refractivity contribution in [1.82, 2.24) is 0 Å². The van der Waals surface area contributed by atoms with Gasteiger partial charge in [0, 0.05) is 0 Å². The van der Waals surface area contributed by atoms with Crippen LogP contribution in [-0.2, 0) is 4.57 Å². The molecule has 0 heterocycles. The Bertz CT molecular complexity index is 273. The quantitative estimate of drug-likeness (QED) is 0.534. The Morgan fingerprint density at radius 2 is 2.15 bits per heavy atom. The van der Waals surface area contributed by atoms with Gasteiger partial charge in [-0.3, -0.25) is 4.57 Å². The molecule has 0 bridgehead atoms. The number of hydrogen-bond acceptors (Lipinski definition) is 2. The van der Waals surface area contributed by atoms with Gasteiger partial charge in [0.1, 0.15) is 5.75 Å². The van der Waals surface area contributed by atoms with Gasteiger partial charge in [-0.15, -0.1) is 0 Å². The minimum Gasteiger partial charge on any atom is -0.492 e. The Labute approximate surface area is 80.1 Å². The standard InChI is InChI=1S/C10H13O2P/c1-2-3-8-12-9-6-4-5-7-10(9)13-11/h4-7H,2-3,8H2,1H3. The number of para-hydroxylation sites is 1. The van der Waals surface area contributed by atoms with Gasteiger partial charge in [0.25, 0.3) is 0 Å². The Hall–Kier alpha value is -0.880. The first-order valence-electron chi connectivity index (χ1n) is 4.43. The van der Waals surface area contributed by atoms with Crippen LogP contribution >= 0.6 is 8.46 Å². The van der Waals surface area contributed by atoms with Gasteiger partial charge in [0.15, 0.2) is 8.46 Å². The third kappa shape index (κ3) is 3.16. The molecule has 0 atom stereocenters. The van der Waals surface area contributed by atoms with Crippen LogP contribution < -0.4 is 10.0 Å². The molecule has 0 spiro atoms. The number of hydrogen-bond donors (Lipinski definition) is 0. The van der Waals surface area contributed by atoms with Crippen molar-refractivity contribution in [2.75, 3.05) is 6.61 Å². The Morgan fingerprint density at radius 1 is 1.38 bits per heavy atom. The molecule has 1 rings (SSSR count). The highest BCUT2D eigenvalue weighted by molar-refractivity contribution is 7.34. The fourth-order valence-electron chi connectivity index (χ4n) is 0.981. The highest BCUT2D eigenvalue weighted by Gasteiger charge is 2.00. The van der Waals surface area contributed by atoms with E-state index in [1.807, 2.05) is 18.2 Å². The van der Waals surface area contributed by atoms with E-state index in [4.69, 9.17) is 4.74 Å². The van der Waals surface area contributed by atoms with Crippen LogP contribution in [0.4, 0.5) is 0 Å². The van der Waals surface area contributed by atoms with Crippen molar-refractivity contribution >= 4 is 13.8 Å². The summed E-state index contributed by atoms with van der Waals surface area (Å²) in [5.74, 6) is 0.729. The molecule has 0 unspecified atom stereocenters. The molecule has 0 aliphatic rings. The summed E-state index contributed by atoms with van der Waals surface area (Å²) in [6.45, 7) is 2.81. The first-order chi connectivity index (χ1) is 6.38. The number of unbranched alkanes of at least 4 members (excludes halogenated alkanes) is 1. The molecule has 0 amide bonds. The van der Waals surface area contributed by atoms with Crippen molar-refractivity contribution in [2.24, 2.45) is 0 Å². The lowest BCUT2D eigenvalue weighted by atomic mass is 10.3. The summed E-state index contributed by atoms with van der Waals surface area (Å²) in [5.41, 5.74) is 0. The van der Waals surface area contributed by atoms with E-state index >= 15 is 0 Å². The average molecular weight is 196 g/mol. The Kier molecular flexibility index (Phi) is 4.48. The average Bonchev–Trinajstić information content (AvgIpc) is 2.19. The normalized spacial score (nSPS) is 10.2. The van der Waals surface area contributed by atoms with Crippen molar-refractivity contribution < 1.29 is 9.30 Å². The van der Waals surface area contributed by atoms with E-state index < -0.39 is 0 Å². The molecule has 13 heavy (non-hydrogen) atoms. The maximum absolute atomic E-state index is 10.7. The van der Waals surface area contributed by atoms with E-state index in [0.717, 1.165) is 23.9 Å². The van der Waals surface area contributed by atoms with Crippen molar-refractivity contribution in [2.45, 2.75) is 19.8 Å². The van der Waals surface area contributed by atoms with Crippen molar-refractivity contribution in [1.29, 1.82) is 0 Å². The van der Waals surface area contributed by atoms with Gasteiger partial charge in [0.2, 0.25) is 0 Å². The van der Waals surface area contributed by atoms with Crippen LogP contribution in [0.15, 0.2) is 24.3 Å². The van der Waals surface area contributed by atoms with Crippen LogP contribution in [0, 0.1) is 0 Å². The number of ether oxygens (including phenoxy) is 1. The zero-order chi connectivity index (χ0) is 9.52. The number of benzene rings is 1. The molecule has 0 radical (unpaired) electrons. The first-order valence-corrected chi connectivity index (χ1v) is 5.25. The van der Waals surface area contributed by atoms with Crippen LogP contribution in [0.2, 0.25) is 0 Å². The summed E-state index contributed by atoms with van der Waals surface area (Å²) in [5, 5.41) is 0.721. The van der Waals surface area contributed by atoms with Crippen molar-refractivity contribution in [3.63, 3.8) is 0 Å². The first kappa shape index (κ1) is 10.2. The monoisotopic (exact) mass is 196 g/mol. The minimum absolute atomic E-state index is 0.0221. The van der Waals surface area contributed by atoms with E-state index in [1.165, 1.54) is 0 Å². The predicted octanol–water partition coefficient (Wildman–Crippen LogP) is 2.78. The van der Waals surface area contributed by atoms with Crippen LogP contribution in [-0.4, -0.2) is 6.61 Å². The summed E-state index contributed by atoms with van der Waals surface area (Å²) in [6, 6.07) is 7.38. The fourth-order valence-corrected chi connectivity index (χ4v) is 1.36. The lowest BCUT2D eigenvalue weighted by Crippen LogP contribution is -2.04. The molecular formula is C10H13O2P. The number of rotatable bonds is 5. The molecular weight excluding hydrogens is 183 g/mol. The maximum Gasteiger partial charge on any atom is 0.196 e. The zero-order valence-electron chi connectivity index (χ0n) is 7.69. The molecule has 0 fully saturated rings. The lowest BCUT2D eigenvalue weighted by Gasteiger charge is -2.05. The second-order valence-electron chi connectivity index (χ2n) is 2.76. The summed E-state index contributed by atoms with van der Waals surface area (Å²) in [7, 11) is 0.0221. The minimum atomic E-state index is 0.0221. The van der Waals surface area contributed by atoms with Gasteiger partial charge < -0.3 is 4.74 Å². The van der Waals surface area contributed by atoms with Crippen LogP contribution in [0.3, 0.4) is 0 Å². The van der Waals surface area contributed by atoms with Gasteiger partial charge in [-0.2, -0.15) is 0 Å². The smallest absolute Gasteiger partial charge is 0.196 e. The highest BCUT2D eigenvalue weighted by atomic mass is 31.1. The van der Waals surface area contributed by atoms with Crippen LogP contribution in [0.1, 0.15) is 19.8 Å². The molecule has 3 heteroatoms. The SMILES string of the molecule is CCCCOc1ccccc1P=O. The van der Waals surface area contributed by atoms with Gasteiger partial charge in [-0.05, 0) is 18.6 Å². The van der Waals surface area contributed by atoms with E-state index in [0.29, 0.717) is 6.61 Å². The van der Waals surface area contributed by atoms with Gasteiger partial charge in [0.05, 0.1) is 11.9 Å². The van der Waals surface area contributed by atoms with E-state index in [9.17, 15) is 4.57 Å². The van der Waals surface area contributed by atoms with E-state index in [2.05, 4.69) is 6.92 Å². The third-order valence-corrected chi connectivity index (χ3v) is 2.29. The van der Waals surface area contributed by atoms with Gasteiger partial charge >= 0.3 is 0 Å². The molecule has 70 valence electrons. The molecule has 1 aromatic rings. The summed E-state index contributed by atoms with van der Waals surface area (Å²) in [4.78, 5) is 0. The second kappa shape index (κ2) is 5.71. The van der Waals surface area contributed by atoms with Gasteiger partial charge in [-0.25, -0.2) is 0 Å². The lowest BCUT2D eigenvalue weighted by molar-refractivity contribution is 0.312. The van der Waals surface area contributed by atoms with Gasteiger partial charge in [-0.1, -0.05) is 25.5 Å². The molecule has 0 saturated carbocycles. The van der Waals surface area contributed by atoms with E-state index in [-0.39, 0.29) is 8.46 Å². The summed E-state index contributed by atoms with van der Waals surface area (Å²) < 4.78 is 16.1. The fraction of sp³-hybridized carbons (Fsp3) is 0.400. The van der Waals surface area contributed by atoms with Crippen LogP contribution in [0.5, 0.6) is 5.75 Å². The summed E-state index contributed by atoms with van der Waals surface area (Å²) >= 11 is 0. The predicted molar refractivity (Wildman–Crippen MR) is 54.1 cm³/mol. The van der Waals surface area contributed by atoms with E-state index in [1.54, 1.807) is 6.07 Å². The van der Waals surface area contributed by atoms with Crippen LogP contribution in [0.25, 0.3) is 0 Å². The maximum atomic E-state index is 10.7. The molecule has 0 aliphatic carbocycles. The molecule has 0 N–H and O–H groups in total. The zero-order valence-corrected chi connectivity index (χ0v) is 8.59. The topological polar surface area (TPSA) is 26.3 Å². The highest BCUT2D eigenvalue weighted by Crippen LogP contribution is 2.12.